The minimum atomic E-state index is -2.65. The van der Waals surface area contributed by atoms with Crippen LogP contribution in [-0.4, -0.2) is 27.8 Å². The first kappa shape index (κ1) is 14.7. The summed E-state index contributed by atoms with van der Waals surface area (Å²) in [6, 6.07) is 1.95. The number of amides is 1. The Morgan fingerprint density at radius 2 is 1.86 bits per heavy atom. The maximum atomic E-state index is 13.6. The molecule has 2 aromatic rings. The van der Waals surface area contributed by atoms with Gasteiger partial charge in [-0.3, -0.25) is 14.8 Å². The SMILES string of the molecule is O=C(NC1CCC(F)(F)CC1)c1cc(F)cc2nccnc12. The molecule has 3 rings (SSSR count). The van der Waals surface area contributed by atoms with E-state index < -0.39 is 17.6 Å². The highest BCUT2D eigenvalue weighted by Gasteiger charge is 2.35. The molecule has 1 aromatic carbocycles. The number of carbonyl (C=O) groups excluding carboxylic acids is 1. The molecule has 1 aliphatic carbocycles. The molecule has 4 nitrogen and oxygen atoms in total. The third kappa shape index (κ3) is 3.03. The molecule has 1 fully saturated rings. The summed E-state index contributed by atoms with van der Waals surface area (Å²) in [7, 11) is 0. The predicted octanol–water partition coefficient (Wildman–Crippen LogP) is 3.08. The van der Waals surface area contributed by atoms with Crippen molar-refractivity contribution in [1.29, 1.82) is 0 Å². The number of benzene rings is 1. The Morgan fingerprint density at radius 3 is 2.59 bits per heavy atom. The molecule has 1 aliphatic rings. The monoisotopic (exact) mass is 309 g/mol. The zero-order chi connectivity index (χ0) is 15.7. The van der Waals surface area contributed by atoms with Gasteiger partial charge in [0, 0.05) is 37.3 Å². The number of carbonyl (C=O) groups is 1. The van der Waals surface area contributed by atoms with Gasteiger partial charge in [-0.15, -0.1) is 0 Å². The number of hydrogen-bond donors (Lipinski definition) is 1. The smallest absolute Gasteiger partial charge is 0.253 e. The standard InChI is InChI=1S/C15H14F3N3O/c16-9-7-11(13-12(8-9)19-5-6-20-13)14(22)21-10-1-3-15(17,18)4-2-10/h5-8,10H,1-4H2,(H,21,22). The van der Waals surface area contributed by atoms with Crippen molar-refractivity contribution in [3.8, 4) is 0 Å². The summed E-state index contributed by atoms with van der Waals surface area (Å²) in [4.78, 5) is 20.3. The summed E-state index contributed by atoms with van der Waals surface area (Å²) in [5.41, 5.74) is 0.644. The Kier molecular flexibility index (Phi) is 3.72. The second kappa shape index (κ2) is 5.55. The Morgan fingerprint density at radius 1 is 1.18 bits per heavy atom. The minimum Gasteiger partial charge on any atom is -0.349 e. The molecule has 0 unspecified atom stereocenters. The summed E-state index contributed by atoms with van der Waals surface area (Å²) in [5.74, 6) is -3.76. The largest absolute Gasteiger partial charge is 0.349 e. The van der Waals surface area contributed by atoms with Gasteiger partial charge in [0.15, 0.2) is 0 Å². The molecular weight excluding hydrogens is 295 g/mol. The van der Waals surface area contributed by atoms with Gasteiger partial charge in [-0.2, -0.15) is 0 Å². The summed E-state index contributed by atoms with van der Waals surface area (Å²) >= 11 is 0. The van der Waals surface area contributed by atoms with Gasteiger partial charge in [-0.1, -0.05) is 0 Å². The van der Waals surface area contributed by atoms with E-state index in [2.05, 4.69) is 15.3 Å². The van der Waals surface area contributed by atoms with E-state index in [9.17, 15) is 18.0 Å². The molecule has 1 N–H and O–H groups in total. The molecule has 0 atom stereocenters. The van der Waals surface area contributed by atoms with E-state index in [1.807, 2.05) is 0 Å². The maximum Gasteiger partial charge on any atom is 0.253 e. The molecule has 1 aromatic heterocycles. The van der Waals surface area contributed by atoms with Crippen LogP contribution in [0.2, 0.25) is 0 Å². The van der Waals surface area contributed by atoms with Crippen LogP contribution in [0.4, 0.5) is 13.2 Å². The number of halogens is 3. The highest BCUT2D eigenvalue weighted by Crippen LogP contribution is 2.33. The molecule has 0 radical (unpaired) electrons. The Labute approximate surface area is 124 Å². The van der Waals surface area contributed by atoms with Crippen molar-refractivity contribution >= 4 is 16.9 Å². The lowest BCUT2D eigenvalue weighted by atomic mass is 9.92. The fourth-order valence-electron chi connectivity index (χ4n) is 2.66. The fourth-order valence-corrected chi connectivity index (χ4v) is 2.66. The van der Waals surface area contributed by atoms with E-state index in [1.165, 1.54) is 18.5 Å². The molecule has 0 bridgehead atoms. The maximum absolute atomic E-state index is 13.6. The summed E-state index contributed by atoms with van der Waals surface area (Å²) in [5, 5.41) is 2.69. The van der Waals surface area contributed by atoms with Crippen LogP contribution in [0.3, 0.4) is 0 Å². The van der Waals surface area contributed by atoms with Crippen LogP contribution in [0, 0.1) is 5.82 Å². The van der Waals surface area contributed by atoms with Crippen molar-refractivity contribution in [2.75, 3.05) is 0 Å². The van der Waals surface area contributed by atoms with Gasteiger partial charge in [0.1, 0.15) is 11.3 Å². The van der Waals surface area contributed by atoms with Crippen molar-refractivity contribution < 1.29 is 18.0 Å². The molecule has 1 amide bonds. The van der Waals surface area contributed by atoms with Crippen molar-refractivity contribution in [1.82, 2.24) is 15.3 Å². The lowest BCUT2D eigenvalue weighted by molar-refractivity contribution is -0.0399. The van der Waals surface area contributed by atoms with Crippen LogP contribution in [0.5, 0.6) is 0 Å². The van der Waals surface area contributed by atoms with Crippen LogP contribution in [0.25, 0.3) is 11.0 Å². The number of hydrogen-bond acceptors (Lipinski definition) is 3. The number of aromatic nitrogens is 2. The second-order valence-corrected chi connectivity index (χ2v) is 5.48. The average Bonchev–Trinajstić information content (AvgIpc) is 2.48. The number of alkyl halides is 2. The summed E-state index contributed by atoms with van der Waals surface area (Å²) in [6.07, 6.45) is 2.74. The lowest BCUT2D eigenvalue weighted by Gasteiger charge is -2.28. The fraction of sp³-hybridized carbons (Fsp3) is 0.400. The van der Waals surface area contributed by atoms with Crippen molar-refractivity contribution in [3.05, 3.63) is 35.9 Å². The first-order valence-electron chi connectivity index (χ1n) is 7.03. The van der Waals surface area contributed by atoms with E-state index in [0.29, 0.717) is 5.52 Å². The third-order valence-corrected chi connectivity index (χ3v) is 3.84. The number of nitrogens with zero attached hydrogens (tertiary/aromatic N) is 2. The minimum absolute atomic E-state index is 0.0698. The van der Waals surface area contributed by atoms with E-state index in [4.69, 9.17) is 0 Å². The number of fused-ring (bicyclic) bond motifs is 1. The van der Waals surface area contributed by atoms with Crippen LogP contribution < -0.4 is 5.32 Å². The highest BCUT2D eigenvalue weighted by atomic mass is 19.3. The Bertz CT molecular complexity index is 710. The van der Waals surface area contributed by atoms with Gasteiger partial charge in [-0.25, -0.2) is 13.2 Å². The zero-order valence-corrected chi connectivity index (χ0v) is 11.7. The van der Waals surface area contributed by atoms with E-state index in [-0.39, 0.29) is 42.8 Å². The molecule has 0 spiro atoms. The molecule has 0 saturated heterocycles. The Hall–Kier alpha value is -2.18. The van der Waals surface area contributed by atoms with Crippen molar-refractivity contribution in [2.24, 2.45) is 0 Å². The second-order valence-electron chi connectivity index (χ2n) is 5.48. The van der Waals surface area contributed by atoms with E-state index in [0.717, 1.165) is 6.07 Å². The van der Waals surface area contributed by atoms with Gasteiger partial charge in [0.05, 0.1) is 11.1 Å². The molecule has 116 valence electrons. The van der Waals surface area contributed by atoms with Gasteiger partial charge >= 0.3 is 0 Å². The van der Waals surface area contributed by atoms with Crippen molar-refractivity contribution in [2.45, 2.75) is 37.6 Å². The predicted molar refractivity (Wildman–Crippen MR) is 74.2 cm³/mol. The normalized spacial score (nSPS) is 18.3. The van der Waals surface area contributed by atoms with Crippen LogP contribution in [0.15, 0.2) is 24.5 Å². The third-order valence-electron chi connectivity index (χ3n) is 3.84. The van der Waals surface area contributed by atoms with Crippen molar-refractivity contribution in [3.63, 3.8) is 0 Å². The molecule has 0 aliphatic heterocycles. The van der Waals surface area contributed by atoms with Gasteiger partial charge in [0.2, 0.25) is 5.92 Å². The van der Waals surface area contributed by atoms with Crippen LogP contribution >= 0.6 is 0 Å². The molecule has 22 heavy (non-hydrogen) atoms. The average molecular weight is 309 g/mol. The van der Waals surface area contributed by atoms with Crippen LogP contribution in [-0.2, 0) is 0 Å². The molecular formula is C15H14F3N3O. The van der Waals surface area contributed by atoms with Gasteiger partial charge in [0.25, 0.3) is 5.91 Å². The van der Waals surface area contributed by atoms with Gasteiger partial charge in [-0.05, 0) is 18.9 Å². The topological polar surface area (TPSA) is 54.9 Å². The van der Waals surface area contributed by atoms with E-state index >= 15 is 0 Å². The number of nitrogens with one attached hydrogen (secondary N) is 1. The van der Waals surface area contributed by atoms with Crippen LogP contribution in [0.1, 0.15) is 36.0 Å². The lowest BCUT2D eigenvalue weighted by Crippen LogP contribution is -2.40. The van der Waals surface area contributed by atoms with E-state index in [1.54, 1.807) is 0 Å². The molecule has 7 heteroatoms. The highest BCUT2D eigenvalue weighted by molar-refractivity contribution is 6.04. The van der Waals surface area contributed by atoms with Gasteiger partial charge < -0.3 is 5.32 Å². The number of rotatable bonds is 2. The first-order valence-corrected chi connectivity index (χ1v) is 7.03. The molecule has 1 saturated carbocycles. The quantitative estimate of drug-likeness (QED) is 0.927. The summed E-state index contributed by atoms with van der Waals surface area (Å²) in [6.45, 7) is 0. The first-order chi connectivity index (χ1) is 10.4. The summed E-state index contributed by atoms with van der Waals surface area (Å²) < 4.78 is 39.8. The molecule has 1 heterocycles. The zero-order valence-electron chi connectivity index (χ0n) is 11.7. The Balaban J connectivity index is 1.81.